The number of nitrogens with one attached hydrogen (secondary N) is 1. The van der Waals surface area contributed by atoms with Gasteiger partial charge in [-0.25, -0.2) is 0 Å². The molecule has 9 nitrogen and oxygen atoms in total. The van der Waals surface area contributed by atoms with Gasteiger partial charge in [0.05, 0.1) is 6.10 Å². The molecule has 0 saturated heterocycles. The van der Waals surface area contributed by atoms with Crippen LogP contribution in [0.15, 0.2) is 0 Å². The highest BCUT2D eigenvalue weighted by Gasteiger charge is 2.37. The Labute approximate surface area is 173 Å². The maximum absolute atomic E-state index is 12.0. The number of carbonyl (C=O) groups is 4. The highest BCUT2D eigenvalue weighted by Crippen LogP contribution is 2.32. The monoisotopic (exact) mass is 439 g/mol. The summed E-state index contributed by atoms with van der Waals surface area (Å²) in [7, 11) is 2.74. The number of rotatable bonds is 13. The van der Waals surface area contributed by atoms with Crippen molar-refractivity contribution in [2.24, 2.45) is 0 Å². The average molecular weight is 440 g/mol. The molecule has 0 spiro atoms. The summed E-state index contributed by atoms with van der Waals surface area (Å²) < 4.78 is 21.1. The lowest BCUT2D eigenvalue weighted by Gasteiger charge is -2.33. The van der Waals surface area contributed by atoms with E-state index in [9.17, 15) is 19.2 Å². The third kappa shape index (κ3) is 12.1. The largest absolute Gasteiger partial charge is 0.463 e. The highest BCUT2D eigenvalue weighted by molar-refractivity contribution is 8.76. The van der Waals surface area contributed by atoms with Gasteiger partial charge in [-0.05, 0) is 6.92 Å². The number of ether oxygens (including phenoxy) is 4. The van der Waals surface area contributed by atoms with Crippen LogP contribution in [-0.4, -0.2) is 60.0 Å². The first-order valence-corrected chi connectivity index (χ1v) is 11.2. The summed E-state index contributed by atoms with van der Waals surface area (Å²) >= 11 is 0. The fraction of sp³-hybridized carbons (Fsp3) is 0.765. The van der Waals surface area contributed by atoms with E-state index in [0.717, 1.165) is 5.75 Å². The first-order valence-electron chi connectivity index (χ1n) is 8.81. The van der Waals surface area contributed by atoms with E-state index in [4.69, 9.17) is 18.9 Å². The van der Waals surface area contributed by atoms with Gasteiger partial charge in [-0.3, -0.25) is 19.2 Å². The summed E-state index contributed by atoms with van der Waals surface area (Å²) in [6.45, 7) is 8.92. The zero-order valence-corrected chi connectivity index (χ0v) is 18.6. The Morgan fingerprint density at radius 2 is 1.54 bits per heavy atom. The molecule has 11 heteroatoms. The molecule has 0 rings (SSSR count). The van der Waals surface area contributed by atoms with E-state index in [1.807, 2.05) is 6.92 Å². The van der Waals surface area contributed by atoms with Gasteiger partial charge in [0.1, 0.15) is 18.1 Å². The predicted octanol–water partition coefficient (Wildman–Crippen LogP) is 2.03. The Morgan fingerprint density at radius 1 is 0.964 bits per heavy atom. The molecule has 0 aliphatic heterocycles. The van der Waals surface area contributed by atoms with Crippen LogP contribution in [0.1, 0.15) is 48.0 Å². The van der Waals surface area contributed by atoms with Crippen LogP contribution in [0.3, 0.4) is 0 Å². The first-order chi connectivity index (χ1) is 13.1. The fourth-order valence-electron chi connectivity index (χ4n) is 1.86. The van der Waals surface area contributed by atoms with E-state index < -0.39 is 41.8 Å². The van der Waals surface area contributed by atoms with Crippen LogP contribution in [0.4, 0.5) is 0 Å². The molecule has 28 heavy (non-hydrogen) atoms. The van der Waals surface area contributed by atoms with Crippen LogP contribution in [0, 0.1) is 0 Å². The van der Waals surface area contributed by atoms with Gasteiger partial charge in [0.25, 0.3) is 6.29 Å². The molecular weight excluding hydrogens is 410 g/mol. The second kappa shape index (κ2) is 14.5. The van der Waals surface area contributed by atoms with Crippen LogP contribution in [0.5, 0.6) is 0 Å². The molecule has 0 bridgehead atoms. The van der Waals surface area contributed by atoms with E-state index in [1.54, 1.807) is 13.8 Å². The minimum Gasteiger partial charge on any atom is -0.463 e. The molecule has 1 amide bonds. The van der Waals surface area contributed by atoms with Gasteiger partial charge in [-0.15, -0.1) is 0 Å². The van der Waals surface area contributed by atoms with Crippen molar-refractivity contribution in [3.8, 4) is 0 Å². The summed E-state index contributed by atoms with van der Waals surface area (Å²) in [4.78, 5) is 46.1. The zero-order chi connectivity index (χ0) is 21.7. The Bertz CT molecular complexity index is 515. The van der Waals surface area contributed by atoms with Crippen molar-refractivity contribution in [3.05, 3.63) is 0 Å². The van der Waals surface area contributed by atoms with E-state index in [2.05, 4.69) is 5.32 Å². The van der Waals surface area contributed by atoms with E-state index in [0.29, 0.717) is 0 Å². The van der Waals surface area contributed by atoms with Crippen molar-refractivity contribution in [1.29, 1.82) is 0 Å². The summed E-state index contributed by atoms with van der Waals surface area (Å²) in [6, 6.07) is -0.968. The van der Waals surface area contributed by atoms with E-state index in [1.165, 1.54) is 42.4 Å². The number of amides is 1. The van der Waals surface area contributed by atoms with Crippen LogP contribution < -0.4 is 5.32 Å². The van der Waals surface area contributed by atoms with Crippen LogP contribution in [-0.2, 0) is 38.1 Å². The third-order valence-corrected chi connectivity index (χ3v) is 5.62. The van der Waals surface area contributed by atoms with Gasteiger partial charge >= 0.3 is 17.9 Å². The van der Waals surface area contributed by atoms with Gasteiger partial charge < -0.3 is 24.3 Å². The zero-order valence-electron chi connectivity index (χ0n) is 17.0. The number of esters is 3. The van der Waals surface area contributed by atoms with Gasteiger partial charge in [0.15, 0.2) is 0 Å². The first kappa shape index (κ1) is 26.5. The van der Waals surface area contributed by atoms with Crippen LogP contribution in [0.2, 0.25) is 0 Å². The minimum absolute atomic E-state index is 0.00340. The van der Waals surface area contributed by atoms with Crippen molar-refractivity contribution in [2.75, 3.05) is 12.4 Å². The molecule has 0 aromatic heterocycles. The number of hydrogen-bond acceptors (Lipinski definition) is 10. The van der Waals surface area contributed by atoms with Crippen molar-refractivity contribution >= 4 is 45.4 Å². The summed E-state index contributed by atoms with van der Waals surface area (Å²) in [6.07, 6.45) is -1.72. The molecule has 0 radical (unpaired) electrons. The smallest absolute Gasteiger partial charge is 0.305 e. The molecule has 1 N–H and O–H groups in total. The summed E-state index contributed by atoms with van der Waals surface area (Å²) in [5, 5.41) is 2.70. The van der Waals surface area contributed by atoms with Gasteiger partial charge in [-0.1, -0.05) is 35.4 Å². The van der Waals surface area contributed by atoms with Crippen LogP contribution in [0.25, 0.3) is 0 Å². The summed E-state index contributed by atoms with van der Waals surface area (Å²) in [5.41, 5.74) is -0.755. The maximum atomic E-state index is 12.0. The van der Waals surface area contributed by atoms with Crippen molar-refractivity contribution in [2.45, 2.75) is 71.8 Å². The van der Waals surface area contributed by atoms with Crippen molar-refractivity contribution in [3.63, 3.8) is 0 Å². The quantitative estimate of drug-likeness (QED) is 0.259. The number of carbonyl (C=O) groups excluding carboxylic acids is 4. The molecule has 3 atom stereocenters. The molecule has 0 aromatic carbocycles. The lowest BCUT2D eigenvalue weighted by atomic mass is 10.2. The highest BCUT2D eigenvalue weighted by atomic mass is 33.1. The Balaban J connectivity index is 5.62. The lowest BCUT2D eigenvalue weighted by molar-refractivity contribution is -0.196. The minimum atomic E-state index is -1.37. The topological polar surface area (TPSA) is 117 Å². The molecule has 0 aliphatic rings. The van der Waals surface area contributed by atoms with E-state index in [-0.39, 0.29) is 18.9 Å². The molecule has 0 aromatic rings. The molecule has 0 aliphatic carbocycles. The second-order valence-corrected chi connectivity index (χ2v) is 8.41. The number of hydrogen-bond donors (Lipinski definition) is 1. The standard InChI is InChI=1S/C17H29NO8S2/c1-7-14(22)18-15(16(25-12(5)20)26-13(6)21)17(28-27-8-2)24-10(3)9-23-11(4)19/h10,15-17H,7-9H2,1-6H3,(H,18,22). The van der Waals surface area contributed by atoms with Crippen molar-refractivity contribution in [1.82, 2.24) is 5.32 Å². The van der Waals surface area contributed by atoms with Gasteiger partial charge in [0, 0.05) is 32.9 Å². The molecule has 0 saturated carbocycles. The SMILES string of the molecule is CCSSC(OC(C)COC(C)=O)C(NC(=O)CC)C(OC(C)=O)OC(C)=O. The van der Waals surface area contributed by atoms with Gasteiger partial charge in [0.2, 0.25) is 5.91 Å². The lowest BCUT2D eigenvalue weighted by Crippen LogP contribution is -2.54. The molecule has 0 fully saturated rings. The Morgan fingerprint density at radius 3 is 1.96 bits per heavy atom. The van der Waals surface area contributed by atoms with Crippen molar-refractivity contribution < 1.29 is 38.1 Å². The Kier molecular flexibility index (Phi) is 13.8. The third-order valence-electron chi connectivity index (χ3n) is 2.97. The average Bonchev–Trinajstić information content (AvgIpc) is 2.59. The molecule has 0 heterocycles. The summed E-state index contributed by atoms with van der Waals surface area (Å²) in [5.74, 6) is -1.40. The van der Waals surface area contributed by atoms with Gasteiger partial charge in [-0.2, -0.15) is 0 Å². The Hall–Kier alpha value is -1.46. The normalized spacial score (nSPS) is 14.0. The second-order valence-electron chi connectivity index (χ2n) is 5.65. The maximum Gasteiger partial charge on any atom is 0.305 e. The van der Waals surface area contributed by atoms with E-state index >= 15 is 0 Å². The fourth-order valence-corrected chi connectivity index (χ4v) is 3.98. The molecule has 162 valence electrons. The predicted molar refractivity (Wildman–Crippen MR) is 106 cm³/mol. The van der Waals surface area contributed by atoms with Crippen LogP contribution >= 0.6 is 21.6 Å². The molecular formula is C17H29NO8S2. The molecule has 3 unspecified atom stereocenters.